The van der Waals surface area contributed by atoms with Crippen molar-refractivity contribution in [2.45, 2.75) is 64.1 Å². The molecule has 8 nitrogen and oxygen atoms in total. The molecule has 44 heavy (non-hydrogen) atoms. The van der Waals surface area contributed by atoms with Crippen molar-refractivity contribution in [1.82, 2.24) is 24.5 Å². The summed E-state index contributed by atoms with van der Waals surface area (Å²) in [4.78, 5) is 34.6. The number of aromatic nitrogens is 2. The van der Waals surface area contributed by atoms with Crippen LogP contribution in [0, 0.1) is 5.82 Å². The number of piperidine rings is 1. The molecule has 2 fully saturated rings. The Bertz CT molecular complexity index is 1670. The molecule has 6 rings (SSSR count). The second-order valence-electron chi connectivity index (χ2n) is 12.8. The third-order valence-electron chi connectivity index (χ3n) is 8.39. The molecule has 2 saturated heterocycles. The maximum absolute atomic E-state index is 15.4. The van der Waals surface area contributed by atoms with Gasteiger partial charge in [0, 0.05) is 56.0 Å². The highest BCUT2D eigenvalue weighted by molar-refractivity contribution is 7.23. The second-order valence-corrected chi connectivity index (χ2v) is 13.8. The molecule has 0 saturated carbocycles. The minimum absolute atomic E-state index is 0.0482. The van der Waals surface area contributed by atoms with E-state index in [0.29, 0.717) is 49.3 Å². The Labute approximate surface area is 260 Å². The molecule has 0 aliphatic carbocycles. The van der Waals surface area contributed by atoms with Crippen molar-refractivity contribution in [2.24, 2.45) is 0 Å². The number of imidazole rings is 1. The van der Waals surface area contributed by atoms with E-state index in [9.17, 15) is 14.0 Å². The Balaban J connectivity index is 1.08. The number of nitrogens with one attached hydrogen (secondary N) is 1. The van der Waals surface area contributed by atoms with E-state index in [0.717, 1.165) is 53.2 Å². The number of likely N-dealkylation sites (tertiary alicyclic amines) is 2. The molecule has 2 aliphatic rings. The number of amides is 2. The summed E-state index contributed by atoms with van der Waals surface area (Å²) >= 11 is 1.45. The Kier molecular flexibility index (Phi) is 8.61. The maximum Gasteiger partial charge on any atom is 0.410 e. The Hall–Kier alpha value is -3.57. The van der Waals surface area contributed by atoms with Gasteiger partial charge in [0.15, 0.2) is 4.96 Å². The van der Waals surface area contributed by atoms with E-state index in [-0.39, 0.29) is 23.7 Å². The van der Waals surface area contributed by atoms with Gasteiger partial charge >= 0.3 is 6.09 Å². The molecular weight excluding hydrogens is 584 g/mol. The van der Waals surface area contributed by atoms with Crippen LogP contribution in [-0.4, -0.2) is 82.2 Å². The summed E-state index contributed by atoms with van der Waals surface area (Å²) in [7, 11) is 0. The molecule has 2 aromatic heterocycles. The first-order valence-electron chi connectivity index (χ1n) is 15.4. The molecule has 0 radical (unpaired) electrons. The van der Waals surface area contributed by atoms with Gasteiger partial charge in [-0.1, -0.05) is 17.4 Å². The standard InChI is InChI=1S/C33H39F2N5O3S/c1-33(2,3)43-32(42)39-16-9-23(19-39)21-5-7-25(26(35)17-21)27-20-40-28-8-6-22(18-29(28)44-31(40)37-27)30(41)36-12-4-13-38-14-10-24(34)11-15-38/h5-8,17-18,20,23-24H,4,9-16,19H2,1-3H3,(H,36,41). The largest absolute Gasteiger partial charge is 0.444 e. The molecule has 2 aromatic carbocycles. The number of carbonyl (C=O) groups is 2. The van der Waals surface area contributed by atoms with Gasteiger partial charge in [0.2, 0.25) is 0 Å². The van der Waals surface area contributed by atoms with Crippen LogP contribution in [0.4, 0.5) is 13.6 Å². The number of benzene rings is 2. The van der Waals surface area contributed by atoms with E-state index in [4.69, 9.17) is 9.72 Å². The van der Waals surface area contributed by atoms with Gasteiger partial charge in [0.1, 0.15) is 17.6 Å². The summed E-state index contributed by atoms with van der Waals surface area (Å²) in [6.45, 7) is 9.60. The van der Waals surface area contributed by atoms with Crippen LogP contribution in [0.3, 0.4) is 0 Å². The van der Waals surface area contributed by atoms with Crippen molar-refractivity contribution in [3.8, 4) is 11.3 Å². The average Bonchev–Trinajstić information content (AvgIpc) is 3.70. The Morgan fingerprint density at radius 3 is 2.64 bits per heavy atom. The first-order chi connectivity index (χ1) is 21.0. The minimum atomic E-state index is -0.677. The van der Waals surface area contributed by atoms with Crippen LogP contribution in [0.2, 0.25) is 0 Å². The molecule has 4 aromatic rings. The summed E-state index contributed by atoms with van der Waals surface area (Å²) in [6.07, 6.45) is 3.59. The fraction of sp³-hybridized carbons (Fsp3) is 0.485. The molecule has 11 heteroatoms. The van der Waals surface area contributed by atoms with E-state index >= 15 is 4.39 Å². The zero-order valence-corrected chi connectivity index (χ0v) is 26.3. The van der Waals surface area contributed by atoms with E-state index in [1.165, 1.54) is 11.3 Å². The molecule has 0 spiro atoms. The summed E-state index contributed by atoms with van der Waals surface area (Å²) in [6, 6.07) is 10.8. The predicted molar refractivity (Wildman–Crippen MR) is 169 cm³/mol. The molecule has 4 heterocycles. The van der Waals surface area contributed by atoms with Crippen LogP contribution in [-0.2, 0) is 4.74 Å². The third-order valence-corrected chi connectivity index (χ3v) is 9.41. The zero-order chi connectivity index (χ0) is 31.0. The summed E-state index contributed by atoms with van der Waals surface area (Å²) < 4.78 is 37.1. The van der Waals surface area contributed by atoms with Gasteiger partial charge in [-0.3, -0.25) is 9.20 Å². The average molecular weight is 624 g/mol. The lowest BCUT2D eigenvalue weighted by Crippen LogP contribution is -2.36. The van der Waals surface area contributed by atoms with Gasteiger partial charge < -0.3 is 19.9 Å². The van der Waals surface area contributed by atoms with Gasteiger partial charge in [-0.15, -0.1) is 0 Å². The fourth-order valence-corrected chi connectivity index (χ4v) is 7.07. The van der Waals surface area contributed by atoms with Crippen LogP contribution in [0.25, 0.3) is 26.4 Å². The first-order valence-corrected chi connectivity index (χ1v) is 16.2. The molecule has 2 aliphatic heterocycles. The van der Waals surface area contributed by atoms with Gasteiger partial charge in [-0.25, -0.2) is 18.6 Å². The summed E-state index contributed by atoms with van der Waals surface area (Å²) in [5, 5.41) is 2.99. The minimum Gasteiger partial charge on any atom is -0.444 e. The number of rotatable bonds is 7. The van der Waals surface area contributed by atoms with Crippen molar-refractivity contribution in [3.63, 3.8) is 0 Å². The van der Waals surface area contributed by atoms with Crippen molar-refractivity contribution >= 4 is 38.5 Å². The lowest BCUT2D eigenvalue weighted by Gasteiger charge is -2.28. The zero-order valence-electron chi connectivity index (χ0n) is 25.4. The Morgan fingerprint density at radius 2 is 1.89 bits per heavy atom. The topological polar surface area (TPSA) is 79.2 Å². The number of nitrogens with zero attached hydrogens (tertiary/aromatic N) is 4. The van der Waals surface area contributed by atoms with Crippen LogP contribution in [0.5, 0.6) is 0 Å². The van der Waals surface area contributed by atoms with Crippen LogP contribution in [0.1, 0.15) is 68.3 Å². The lowest BCUT2D eigenvalue weighted by molar-refractivity contribution is 0.0292. The second kappa shape index (κ2) is 12.4. The molecular formula is C33H39F2N5O3S. The van der Waals surface area contributed by atoms with Crippen molar-refractivity contribution in [2.75, 3.05) is 39.3 Å². The van der Waals surface area contributed by atoms with E-state index in [2.05, 4.69) is 10.2 Å². The van der Waals surface area contributed by atoms with Crippen molar-refractivity contribution in [3.05, 3.63) is 59.5 Å². The monoisotopic (exact) mass is 623 g/mol. The number of carbonyl (C=O) groups excluding carboxylic acids is 2. The highest BCUT2D eigenvalue weighted by Crippen LogP contribution is 2.34. The molecule has 1 atom stereocenters. The molecule has 234 valence electrons. The van der Waals surface area contributed by atoms with Gasteiger partial charge in [0.05, 0.1) is 15.9 Å². The number of fused-ring (bicyclic) bond motifs is 3. The number of thiazole rings is 1. The van der Waals surface area contributed by atoms with E-state index in [1.807, 2.05) is 49.6 Å². The lowest BCUT2D eigenvalue weighted by atomic mass is 9.96. The SMILES string of the molecule is CC(C)(C)OC(=O)N1CCC(c2ccc(-c3cn4c(n3)sc3cc(C(=O)NCCCN5CCC(F)CC5)ccc34)c(F)c2)C1. The smallest absolute Gasteiger partial charge is 0.410 e. The number of halogens is 2. The molecule has 1 unspecified atom stereocenters. The number of ether oxygens (including phenoxy) is 1. The van der Waals surface area contributed by atoms with Gasteiger partial charge in [-0.2, -0.15) is 0 Å². The maximum atomic E-state index is 15.4. The third kappa shape index (κ3) is 6.73. The van der Waals surface area contributed by atoms with Gasteiger partial charge in [0.25, 0.3) is 5.91 Å². The van der Waals surface area contributed by atoms with Crippen LogP contribution < -0.4 is 5.32 Å². The van der Waals surface area contributed by atoms with E-state index < -0.39 is 11.8 Å². The Morgan fingerprint density at radius 1 is 1.09 bits per heavy atom. The van der Waals surface area contributed by atoms with Crippen LogP contribution >= 0.6 is 11.3 Å². The number of alkyl halides is 1. The summed E-state index contributed by atoms with van der Waals surface area (Å²) in [5.41, 5.74) is 2.75. The quantitative estimate of drug-likeness (QED) is 0.234. The van der Waals surface area contributed by atoms with Gasteiger partial charge in [-0.05, 0) is 88.9 Å². The molecule has 1 N–H and O–H groups in total. The predicted octanol–water partition coefficient (Wildman–Crippen LogP) is 6.63. The fourth-order valence-electron chi connectivity index (χ4n) is 6.02. The van der Waals surface area contributed by atoms with Crippen LogP contribution in [0.15, 0.2) is 42.6 Å². The first kappa shape index (κ1) is 30.5. The van der Waals surface area contributed by atoms with E-state index in [1.54, 1.807) is 23.1 Å². The number of hydrogen-bond acceptors (Lipinski definition) is 6. The van der Waals surface area contributed by atoms with Crippen molar-refractivity contribution in [1.29, 1.82) is 0 Å². The highest BCUT2D eigenvalue weighted by Gasteiger charge is 2.31. The normalized spacial score (nSPS) is 18.4. The molecule has 0 bridgehead atoms. The number of hydrogen-bond donors (Lipinski definition) is 1. The highest BCUT2D eigenvalue weighted by atomic mass is 32.1. The molecule has 2 amide bonds. The van der Waals surface area contributed by atoms with Crippen molar-refractivity contribution < 1.29 is 23.1 Å². The summed E-state index contributed by atoms with van der Waals surface area (Å²) in [5.74, 6) is -0.425.